The summed E-state index contributed by atoms with van der Waals surface area (Å²) in [6, 6.07) is 33.2. The zero-order chi connectivity index (χ0) is 16.9. The molecule has 1 heterocycles. The molecule has 0 radical (unpaired) electrons. The van der Waals surface area contributed by atoms with Gasteiger partial charge in [0.2, 0.25) is 0 Å². The third-order valence-corrected chi connectivity index (χ3v) is 6.28. The van der Waals surface area contributed by atoms with E-state index in [0.717, 1.165) is 5.75 Å². The smallest absolute Gasteiger partial charge is 0.289 e. The molecule has 0 saturated heterocycles. The lowest BCUT2D eigenvalue weighted by Crippen LogP contribution is -1.88. The van der Waals surface area contributed by atoms with E-state index in [1.54, 1.807) is 12.3 Å². The van der Waals surface area contributed by atoms with E-state index in [2.05, 4.69) is 72.8 Å². The van der Waals surface area contributed by atoms with Gasteiger partial charge in [0.1, 0.15) is 5.75 Å². The number of hydrogen-bond acceptors (Lipinski definition) is 2. The Bertz CT molecular complexity index is 862. The molecule has 0 atom stereocenters. The van der Waals surface area contributed by atoms with Gasteiger partial charge in [-0.15, -0.1) is 0 Å². The summed E-state index contributed by atoms with van der Waals surface area (Å²) < 4.78 is 10.9. The maximum atomic E-state index is 5.71. The van der Waals surface area contributed by atoms with E-state index in [9.17, 15) is 0 Å². The molecule has 4 rings (SSSR count). The molecular formula is C22H18O2S. The van der Waals surface area contributed by atoms with Crippen LogP contribution in [0.25, 0.3) is 0 Å². The van der Waals surface area contributed by atoms with Crippen molar-refractivity contribution in [2.24, 2.45) is 0 Å². The van der Waals surface area contributed by atoms with Crippen LogP contribution >= 0.6 is 10.9 Å². The van der Waals surface area contributed by atoms with E-state index in [4.69, 9.17) is 9.15 Å². The van der Waals surface area contributed by atoms with Crippen LogP contribution in [0.3, 0.4) is 0 Å². The van der Waals surface area contributed by atoms with Crippen molar-refractivity contribution in [1.82, 2.24) is 0 Å². The van der Waals surface area contributed by atoms with E-state index >= 15 is 0 Å². The molecule has 0 N–H and O–H groups in total. The molecule has 0 aliphatic rings. The second-order valence-corrected chi connectivity index (χ2v) is 7.75. The van der Waals surface area contributed by atoms with Gasteiger partial charge in [0, 0.05) is 6.07 Å². The van der Waals surface area contributed by atoms with Crippen LogP contribution in [0.2, 0.25) is 0 Å². The van der Waals surface area contributed by atoms with Crippen LogP contribution in [-0.2, 0) is 0 Å². The van der Waals surface area contributed by atoms with Crippen molar-refractivity contribution in [3.8, 4) is 11.7 Å². The number of ether oxygens (including phenoxy) is 1. The molecule has 0 fully saturated rings. The highest BCUT2D eigenvalue weighted by atomic mass is 32.2. The molecule has 0 unspecified atom stereocenters. The highest BCUT2D eigenvalue weighted by Crippen LogP contribution is 2.51. The molecule has 0 spiro atoms. The normalized spacial score (nSPS) is 11.1. The number of hydrogen-bond donors (Lipinski definition) is 1. The van der Waals surface area contributed by atoms with Crippen LogP contribution in [0.15, 0.2) is 122 Å². The summed E-state index contributed by atoms with van der Waals surface area (Å²) in [5.41, 5.74) is 0. The Labute approximate surface area is 150 Å². The average Bonchev–Trinajstić information content (AvgIpc) is 3.18. The molecule has 4 aromatic rings. The molecule has 2 nitrogen and oxygen atoms in total. The first kappa shape index (κ1) is 15.6. The van der Waals surface area contributed by atoms with Gasteiger partial charge in [0.25, 0.3) is 5.95 Å². The molecular weight excluding hydrogens is 328 g/mol. The summed E-state index contributed by atoms with van der Waals surface area (Å²) in [5.74, 6) is 1.27. The topological polar surface area (TPSA) is 22.4 Å². The molecule has 124 valence electrons. The average molecular weight is 346 g/mol. The number of furan rings is 1. The van der Waals surface area contributed by atoms with Crippen LogP contribution in [-0.4, -0.2) is 0 Å². The van der Waals surface area contributed by atoms with Crippen molar-refractivity contribution in [3.05, 3.63) is 103 Å². The lowest BCUT2D eigenvalue weighted by Gasteiger charge is -2.23. The van der Waals surface area contributed by atoms with Crippen LogP contribution in [0, 0.1) is 0 Å². The summed E-state index contributed by atoms with van der Waals surface area (Å²) in [6.45, 7) is 0. The van der Waals surface area contributed by atoms with Crippen molar-refractivity contribution in [2.45, 2.75) is 14.7 Å². The quantitative estimate of drug-likeness (QED) is 0.414. The Morgan fingerprint density at radius 3 is 1.64 bits per heavy atom. The SMILES string of the molecule is c1ccc([SH](c2ccccc2)c2ccc(Oc3ccco3)cc2)cc1. The zero-order valence-electron chi connectivity index (χ0n) is 13.6. The summed E-state index contributed by atoms with van der Waals surface area (Å²) in [6.07, 6.45) is 1.60. The van der Waals surface area contributed by atoms with Gasteiger partial charge >= 0.3 is 0 Å². The minimum Gasteiger partial charge on any atom is -0.434 e. The Kier molecular flexibility index (Phi) is 4.57. The fourth-order valence-electron chi connectivity index (χ4n) is 2.70. The van der Waals surface area contributed by atoms with Gasteiger partial charge in [0.05, 0.1) is 6.26 Å². The van der Waals surface area contributed by atoms with Gasteiger partial charge in [-0.3, -0.25) is 0 Å². The summed E-state index contributed by atoms with van der Waals surface area (Å²) in [5, 5.41) is 0. The van der Waals surface area contributed by atoms with Crippen LogP contribution in [0.4, 0.5) is 0 Å². The molecule has 1 aromatic heterocycles. The molecule has 0 aliphatic carbocycles. The van der Waals surface area contributed by atoms with Gasteiger partial charge < -0.3 is 9.15 Å². The van der Waals surface area contributed by atoms with Gasteiger partial charge in [-0.05, 0) is 69.3 Å². The fraction of sp³-hybridized carbons (Fsp3) is 0. The van der Waals surface area contributed by atoms with Crippen LogP contribution < -0.4 is 4.74 Å². The van der Waals surface area contributed by atoms with Gasteiger partial charge in [0.15, 0.2) is 0 Å². The van der Waals surface area contributed by atoms with Crippen molar-refractivity contribution in [2.75, 3.05) is 0 Å². The molecule has 0 amide bonds. The fourth-order valence-corrected chi connectivity index (χ4v) is 4.98. The molecule has 0 aliphatic heterocycles. The number of thiol groups is 1. The Hall–Kier alpha value is -2.91. The van der Waals surface area contributed by atoms with Crippen molar-refractivity contribution >= 4 is 10.9 Å². The van der Waals surface area contributed by atoms with Crippen LogP contribution in [0.5, 0.6) is 11.7 Å². The van der Waals surface area contributed by atoms with Crippen molar-refractivity contribution < 1.29 is 9.15 Å². The summed E-state index contributed by atoms with van der Waals surface area (Å²) in [7, 11) is -0.587. The predicted molar refractivity (Wildman–Crippen MR) is 102 cm³/mol. The predicted octanol–water partition coefficient (Wildman–Crippen LogP) is 6.55. The maximum Gasteiger partial charge on any atom is 0.289 e. The molecule has 0 bridgehead atoms. The number of benzene rings is 3. The van der Waals surface area contributed by atoms with E-state index < -0.39 is 10.9 Å². The molecule has 0 saturated carbocycles. The summed E-state index contributed by atoms with van der Waals surface area (Å²) >= 11 is 0. The van der Waals surface area contributed by atoms with Crippen molar-refractivity contribution in [3.63, 3.8) is 0 Å². The second-order valence-electron chi connectivity index (χ2n) is 5.53. The first-order chi connectivity index (χ1) is 12.4. The third-order valence-electron chi connectivity index (χ3n) is 3.84. The molecule has 3 heteroatoms. The monoisotopic (exact) mass is 346 g/mol. The number of rotatable bonds is 5. The Balaban J connectivity index is 1.68. The van der Waals surface area contributed by atoms with E-state index in [-0.39, 0.29) is 0 Å². The minimum absolute atomic E-state index is 0.501. The first-order valence-electron chi connectivity index (χ1n) is 8.12. The third kappa shape index (κ3) is 3.62. The largest absolute Gasteiger partial charge is 0.434 e. The highest BCUT2D eigenvalue weighted by molar-refractivity contribution is 8.17. The maximum absolute atomic E-state index is 5.71. The second kappa shape index (κ2) is 7.32. The zero-order valence-corrected chi connectivity index (χ0v) is 14.5. The first-order valence-corrected chi connectivity index (χ1v) is 9.46. The molecule has 25 heavy (non-hydrogen) atoms. The van der Waals surface area contributed by atoms with E-state index in [1.165, 1.54) is 14.7 Å². The van der Waals surface area contributed by atoms with E-state index in [0.29, 0.717) is 5.95 Å². The van der Waals surface area contributed by atoms with Crippen molar-refractivity contribution in [1.29, 1.82) is 0 Å². The minimum atomic E-state index is -0.587. The van der Waals surface area contributed by atoms with Gasteiger partial charge in [-0.2, -0.15) is 10.9 Å². The van der Waals surface area contributed by atoms with Crippen LogP contribution in [0.1, 0.15) is 0 Å². The highest BCUT2D eigenvalue weighted by Gasteiger charge is 2.12. The Morgan fingerprint density at radius 2 is 1.12 bits per heavy atom. The Morgan fingerprint density at radius 1 is 0.560 bits per heavy atom. The van der Waals surface area contributed by atoms with E-state index in [1.807, 2.05) is 18.2 Å². The lowest BCUT2D eigenvalue weighted by molar-refractivity contribution is 0.346. The van der Waals surface area contributed by atoms with Gasteiger partial charge in [-0.1, -0.05) is 36.4 Å². The van der Waals surface area contributed by atoms with Gasteiger partial charge in [-0.25, -0.2) is 0 Å². The lowest BCUT2D eigenvalue weighted by atomic mass is 10.3. The summed E-state index contributed by atoms with van der Waals surface area (Å²) in [4.78, 5) is 3.96. The standard InChI is InChI=1S/C22H18O2S/c1-3-8-19(9-4-1)25(20-10-5-2-6-11-20)21-15-13-18(14-16-21)24-22-12-7-17-23-22/h1-17,25H. The molecule has 3 aromatic carbocycles.